The number of rotatable bonds is 4. The summed E-state index contributed by atoms with van der Waals surface area (Å²) in [6.45, 7) is 1.69. The number of thioether (sulfide) groups is 1. The molecule has 2 nitrogen and oxygen atoms in total. The first kappa shape index (κ1) is 12.8. The van der Waals surface area contributed by atoms with Crippen LogP contribution in [0.4, 0.5) is 4.39 Å². The molecule has 0 N–H and O–H groups in total. The van der Waals surface area contributed by atoms with E-state index in [0.29, 0.717) is 11.3 Å². The molecule has 0 saturated carbocycles. The lowest BCUT2D eigenvalue weighted by Crippen LogP contribution is -2.01. The molecule has 1 aromatic rings. The minimum Gasteiger partial charge on any atom is -0.466 e. The summed E-state index contributed by atoms with van der Waals surface area (Å²) >= 11 is 1.47. The smallest absolute Gasteiger partial charge is 0.333 e. The number of hydrogen-bond donors (Lipinski definition) is 0. The maximum Gasteiger partial charge on any atom is 0.333 e. The molecule has 16 heavy (non-hydrogen) atoms. The summed E-state index contributed by atoms with van der Waals surface area (Å²) in [6.07, 6.45) is 1.77. The summed E-state index contributed by atoms with van der Waals surface area (Å²) in [5.41, 5.74) is 0.561. The van der Waals surface area contributed by atoms with Crippen molar-refractivity contribution in [3.05, 3.63) is 41.7 Å². The molecular weight excluding hydrogens is 227 g/mol. The van der Waals surface area contributed by atoms with E-state index in [0.717, 1.165) is 4.90 Å². The second-order valence-electron chi connectivity index (χ2n) is 3.15. The Morgan fingerprint density at radius 2 is 2.31 bits per heavy atom. The van der Waals surface area contributed by atoms with Crippen LogP contribution >= 0.6 is 11.8 Å². The number of ether oxygens (including phenoxy) is 1. The fraction of sp³-hybridized carbons (Fsp3) is 0.250. The molecule has 0 spiro atoms. The molecule has 0 aliphatic carbocycles. The van der Waals surface area contributed by atoms with Crippen molar-refractivity contribution in [1.82, 2.24) is 0 Å². The highest BCUT2D eigenvalue weighted by molar-refractivity contribution is 7.99. The Balaban J connectivity index is 2.50. The number of methoxy groups -OCH3 is 1. The van der Waals surface area contributed by atoms with E-state index >= 15 is 0 Å². The molecular formula is C12H13FO2S. The van der Waals surface area contributed by atoms with Crippen LogP contribution in [0.2, 0.25) is 0 Å². The van der Waals surface area contributed by atoms with E-state index in [1.165, 1.54) is 31.0 Å². The lowest BCUT2D eigenvalue weighted by atomic mass is 10.3. The van der Waals surface area contributed by atoms with Crippen molar-refractivity contribution in [2.75, 3.05) is 12.9 Å². The van der Waals surface area contributed by atoms with E-state index in [1.807, 2.05) is 6.07 Å². The summed E-state index contributed by atoms with van der Waals surface area (Å²) in [4.78, 5) is 11.9. The molecule has 1 rings (SSSR count). The van der Waals surface area contributed by atoms with E-state index < -0.39 is 0 Å². The van der Waals surface area contributed by atoms with Crippen LogP contribution < -0.4 is 0 Å². The fourth-order valence-electron chi connectivity index (χ4n) is 1.06. The number of carbonyl (C=O) groups excluding carboxylic acids is 1. The van der Waals surface area contributed by atoms with Gasteiger partial charge in [0, 0.05) is 16.2 Å². The van der Waals surface area contributed by atoms with Crippen molar-refractivity contribution in [3.8, 4) is 0 Å². The van der Waals surface area contributed by atoms with Gasteiger partial charge in [-0.2, -0.15) is 0 Å². The third-order valence-electron chi connectivity index (χ3n) is 1.94. The predicted molar refractivity (Wildman–Crippen MR) is 62.9 cm³/mol. The standard InChI is InChI=1S/C12H13FO2S/c1-9(12(14)15-2)6-7-16-11-5-3-4-10(13)8-11/h3-6,8H,7H2,1-2H3. The zero-order chi connectivity index (χ0) is 12.0. The number of carbonyl (C=O) groups is 1. The Labute approximate surface area is 98.5 Å². The Hall–Kier alpha value is -1.29. The topological polar surface area (TPSA) is 26.3 Å². The van der Waals surface area contributed by atoms with Crippen LogP contribution in [0.25, 0.3) is 0 Å². The van der Waals surface area contributed by atoms with Gasteiger partial charge in [-0.25, -0.2) is 9.18 Å². The van der Waals surface area contributed by atoms with E-state index in [-0.39, 0.29) is 11.8 Å². The lowest BCUT2D eigenvalue weighted by molar-refractivity contribution is -0.136. The zero-order valence-corrected chi connectivity index (χ0v) is 10.0. The first-order chi connectivity index (χ1) is 7.63. The third-order valence-corrected chi connectivity index (χ3v) is 2.86. The maximum atomic E-state index is 12.8. The fourth-order valence-corrected chi connectivity index (χ4v) is 1.96. The summed E-state index contributed by atoms with van der Waals surface area (Å²) in [5.74, 6) is 0.0308. The van der Waals surface area contributed by atoms with Gasteiger partial charge in [-0.05, 0) is 25.1 Å². The van der Waals surface area contributed by atoms with Gasteiger partial charge in [0.15, 0.2) is 0 Å². The summed E-state index contributed by atoms with van der Waals surface area (Å²) in [7, 11) is 1.35. The molecule has 0 aliphatic heterocycles. The van der Waals surface area contributed by atoms with Gasteiger partial charge in [0.2, 0.25) is 0 Å². The molecule has 0 aromatic heterocycles. The van der Waals surface area contributed by atoms with Gasteiger partial charge >= 0.3 is 5.97 Å². The van der Waals surface area contributed by atoms with Crippen LogP contribution in [0.15, 0.2) is 40.8 Å². The number of hydrogen-bond acceptors (Lipinski definition) is 3. The average Bonchev–Trinajstić information content (AvgIpc) is 2.28. The van der Waals surface area contributed by atoms with Crippen LogP contribution in [-0.4, -0.2) is 18.8 Å². The van der Waals surface area contributed by atoms with Gasteiger partial charge in [0.1, 0.15) is 5.82 Å². The molecule has 0 radical (unpaired) electrons. The van der Waals surface area contributed by atoms with Gasteiger partial charge in [-0.1, -0.05) is 12.1 Å². The molecule has 4 heteroatoms. The van der Waals surface area contributed by atoms with Crippen LogP contribution in [0.1, 0.15) is 6.92 Å². The van der Waals surface area contributed by atoms with Crippen LogP contribution in [0, 0.1) is 5.82 Å². The SMILES string of the molecule is COC(=O)C(C)=CCSc1cccc(F)c1. The van der Waals surface area contributed by atoms with Crippen LogP contribution in [0.3, 0.4) is 0 Å². The van der Waals surface area contributed by atoms with Crippen molar-refractivity contribution in [2.45, 2.75) is 11.8 Å². The Bertz CT molecular complexity index is 402. The Kier molecular flexibility index (Phi) is 5.05. The van der Waals surface area contributed by atoms with Gasteiger partial charge < -0.3 is 4.74 Å². The van der Waals surface area contributed by atoms with Crippen molar-refractivity contribution in [2.24, 2.45) is 0 Å². The van der Waals surface area contributed by atoms with E-state index in [2.05, 4.69) is 4.74 Å². The van der Waals surface area contributed by atoms with E-state index in [1.54, 1.807) is 19.1 Å². The second-order valence-corrected chi connectivity index (χ2v) is 4.24. The third kappa shape index (κ3) is 4.06. The van der Waals surface area contributed by atoms with Crippen molar-refractivity contribution in [3.63, 3.8) is 0 Å². The molecule has 0 atom stereocenters. The molecule has 0 aliphatic rings. The molecule has 0 saturated heterocycles. The number of benzene rings is 1. The summed E-state index contributed by atoms with van der Waals surface area (Å²) < 4.78 is 17.4. The molecule has 0 unspecified atom stereocenters. The zero-order valence-electron chi connectivity index (χ0n) is 9.20. The van der Waals surface area contributed by atoms with Crippen molar-refractivity contribution < 1.29 is 13.9 Å². The van der Waals surface area contributed by atoms with E-state index in [4.69, 9.17) is 0 Å². The van der Waals surface area contributed by atoms with Gasteiger partial charge in [-0.3, -0.25) is 0 Å². The van der Waals surface area contributed by atoms with Gasteiger partial charge in [0.05, 0.1) is 7.11 Å². The average molecular weight is 240 g/mol. The molecule has 0 fully saturated rings. The summed E-state index contributed by atoms with van der Waals surface area (Å²) in [5, 5.41) is 0. The Morgan fingerprint density at radius 1 is 1.56 bits per heavy atom. The predicted octanol–water partition coefficient (Wildman–Crippen LogP) is 3.04. The highest BCUT2D eigenvalue weighted by atomic mass is 32.2. The quantitative estimate of drug-likeness (QED) is 0.459. The Morgan fingerprint density at radius 3 is 2.94 bits per heavy atom. The van der Waals surface area contributed by atoms with Crippen LogP contribution in [-0.2, 0) is 9.53 Å². The number of halogens is 1. The lowest BCUT2D eigenvalue weighted by Gasteiger charge is -2.00. The second kappa shape index (κ2) is 6.33. The molecule has 0 bridgehead atoms. The molecule has 0 amide bonds. The van der Waals surface area contributed by atoms with Gasteiger partial charge in [0.25, 0.3) is 0 Å². The normalized spacial score (nSPS) is 11.3. The maximum absolute atomic E-state index is 12.8. The molecule has 86 valence electrons. The van der Waals surface area contributed by atoms with Crippen molar-refractivity contribution in [1.29, 1.82) is 0 Å². The minimum atomic E-state index is -0.333. The monoisotopic (exact) mass is 240 g/mol. The highest BCUT2D eigenvalue weighted by Gasteiger charge is 2.02. The first-order valence-corrected chi connectivity index (χ1v) is 5.75. The highest BCUT2D eigenvalue weighted by Crippen LogP contribution is 2.19. The largest absolute Gasteiger partial charge is 0.466 e. The van der Waals surface area contributed by atoms with Crippen LogP contribution in [0.5, 0.6) is 0 Å². The number of esters is 1. The van der Waals surface area contributed by atoms with E-state index in [9.17, 15) is 9.18 Å². The molecule has 1 aromatic carbocycles. The van der Waals surface area contributed by atoms with Gasteiger partial charge in [-0.15, -0.1) is 11.8 Å². The summed E-state index contributed by atoms with van der Waals surface area (Å²) in [6, 6.07) is 6.36. The van der Waals surface area contributed by atoms with Crippen molar-refractivity contribution >= 4 is 17.7 Å². The minimum absolute atomic E-state index is 0.251. The molecule has 0 heterocycles. The first-order valence-electron chi connectivity index (χ1n) is 4.77.